The number of hydrogen-bond acceptors (Lipinski definition) is 5. The van der Waals surface area contributed by atoms with E-state index in [1.807, 2.05) is 27.7 Å². The highest BCUT2D eigenvalue weighted by Crippen LogP contribution is 2.32. The first-order valence-electron chi connectivity index (χ1n) is 12.1. The molecule has 4 amide bonds. The van der Waals surface area contributed by atoms with Gasteiger partial charge in [-0.25, -0.2) is 4.79 Å². The minimum Gasteiger partial charge on any atom is -0.488 e. The zero-order chi connectivity index (χ0) is 25.0. The van der Waals surface area contributed by atoms with E-state index in [0.717, 1.165) is 12.8 Å². The minimum atomic E-state index is -0.382. The van der Waals surface area contributed by atoms with E-state index in [0.29, 0.717) is 30.1 Å². The van der Waals surface area contributed by atoms with Gasteiger partial charge in [0.2, 0.25) is 11.8 Å². The number of aliphatic hydroxyl groups is 1. The van der Waals surface area contributed by atoms with Crippen molar-refractivity contribution in [1.82, 2.24) is 15.1 Å². The fourth-order valence-corrected chi connectivity index (χ4v) is 4.03. The van der Waals surface area contributed by atoms with E-state index in [1.165, 1.54) is 0 Å². The van der Waals surface area contributed by atoms with Crippen molar-refractivity contribution in [2.24, 2.45) is 11.8 Å². The van der Waals surface area contributed by atoms with Gasteiger partial charge >= 0.3 is 6.03 Å². The molecule has 0 radical (unpaired) electrons. The fraction of sp³-hybridized carbons (Fsp3) is 0.640. The second kappa shape index (κ2) is 11.1. The minimum absolute atomic E-state index is 0.00456. The van der Waals surface area contributed by atoms with E-state index in [2.05, 4.69) is 10.6 Å². The normalized spacial score (nSPS) is 21.5. The summed E-state index contributed by atoms with van der Waals surface area (Å²) in [6.45, 7) is 8.18. The molecular weight excluding hydrogens is 436 g/mol. The van der Waals surface area contributed by atoms with Crippen LogP contribution >= 0.6 is 0 Å². The number of nitrogens with one attached hydrogen (secondary N) is 2. The Bertz CT molecular complexity index is 901. The number of anilines is 1. The Balaban J connectivity index is 1.89. The van der Waals surface area contributed by atoms with Gasteiger partial charge < -0.3 is 30.3 Å². The van der Waals surface area contributed by atoms with Crippen LogP contribution in [-0.4, -0.2) is 77.7 Å². The predicted molar refractivity (Wildman–Crippen MR) is 130 cm³/mol. The van der Waals surface area contributed by atoms with Gasteiger partial charge in [-0.15, -0.1) is 0 Å². The molecule has 1 aromatic rings. The summed E-state index contributed by atoms with van der Waals surface area (Å²) in [5.74, 6) is 0.408. The van der Waals surface area contributed by atoms with Crippen molar-refractivity contribution in [3.8, 4) is 5.75 Å². The van der Waals surface area contributed by atoms with Crippen molar-refractivity contribution < 1.29 is 24.2 Å². The highest BCUT2D eigenvalue weighted by atomic mass is 16.5. The van der Waals surface area contributed by atoms with Crippen LogP contribution in [0.4, 0.5) is 10.5 Å². The molecule has 3 N–H and O–H groups in total. The summed E-state index contributed by atoms with van der Waals surface area (Å²) >= 11 is 0. The summed E-state index contributed by atoms with van der Waals surface area (Å²) in [6, 6.07) is 4.82. The lowest BCUT2D eigenvalue weighted by Crippen LogP contribution is -2.49. The Kier molecular flexibility index (Phi) is 8.41. The van der Waals surface area contributed by atoms with Gasteiger partial charge in [-0.1, -0.05) is 6.92 Å². The number of rotatable bonds is 7. The number of urea groups is 1. The highest BCUT2D eigenvalue weighted by Gasteiger charge is 2.33. The number of carbonyl (C=O) groups is 3. The molecule has 0 bridgehead atoms. The Morgan fingerprint density at radius 2 is 1.97 bits per heavy atom. The number of nitrogens with zero attached hydrogens (tertiary/aromatic N) is 2. The Labute approximate surface area is 201 Å². The number of carbonyl (C=O) groups excluding carboxylic acids is 3. The number of hydrogen-bond donors (Lipinski definition) is 3. The van der Waals surface area contributed by atoms with Gasteiger partial charge in [-0.3, -0.25) is 9.59 Å². The third-order valence-corrected chi connectivity index (χ3v) is 6.34. The summed E-state index contributed by atoms with van der Waals surface area (Å²) in [7, 11) is 1.72. The molecule has 1 heterocycles. The number of benzene rings is 1. The van der Waals surface area contributed by atoms with Gasteiger partial charge in [0.15, 0.2) is 0 Å². The Hall–Kier alpha value is -2.81. The standard InChI is InChI=1S/C25H38N4O5/c1-15(2)26-25(33)28(5)13-22-16(3)12-29(17(4)14-30)23(31)11-19-10-20(8-9-21(19)34-22)27-24(32)18-6-7-18/h8-10,15-18,22,30H,6-7,11-14H2,1-5H3,(H,26,33)(H,27,32)/t16-,17-,22+/m0/s1. The smallest absolute Gasteiger partial charge is 0.317 e. The maximum Gasteiger partial charge on any atom is 0.317 e. The first kappa shape index (κ1) is 25.8. The molecule has 3 rings (SSSR count). The average Bonchev–Trinajstić information content (AvgIpc) is 3.62. The Morgan fingerprint density at radius 1 is 1.26 bits per heavy atom. The lowest BCUT2D eigenvalue weighted by Gasteiger charge is -2.34. The molecule has 2 aliphatic rings. The van der Waals surface area contributed by atoms with Crippen LogP contribution in [0.25, 0.3) is 0 Å². The van der Waals surface area contributed by atoms with Crippen LogP contribution in [0.5, 0.6) is 5.75 Å². The summed E-state index contributed by atoms with van der Waals surface area (Å²) in [6.07, 6.45) is 1.52. The Morgan fingerprint density at radius 3 is 2.59 bits per heavy atom. The predicted octanol–water partition coefficient (Wildman–Crippen LogP) is 2.23. The molecule has 188 valence electrons. The molecule has 0 unspecified atom stereocenters. The van der Waals surface area contributed by atoms with E-state index < -0.39 is 0 Å². The van der Waals surface area contributed by atoms with Crippen LogP contribution in [0.2, 0.25) is 0 Å². The van der Waals surface area contributed by atoms with Gasteiger partial charge in [0, 0.05) is 42.7 Å². The van der Waals surface area contributed by atoms with Crippen molar-refractivity contribution in [3.63, 3.8) is 0 Å². The molecule has 1 saturated carbocycles. The summed E-state index contributed by atoms with van der Waals surface area (Å²) in [4.78, 5) is 41.2. The number of ether oxygens (including phenoxy) is 1. The fourth-order valence-electron chi connectivity index (χ4n) is 4.03. The van der Waals surface area contributed by atoms with E-state index in [-0.39, 0.29) is 60.9 Å². The quantitative estimate of drug-likeness (QED) is 0.561. The van der Waals surface area contributed by atoms with Crippen LogP contribution in [0.1, 0.15) is 46.1 Å². The molecule has 0 aromatic heterocycles. The first-order chi connectivity index (χ1) is 16.1. The van der Waals surface area contributed by atoms with Gasteiger partial charge in [0.05, 0.1) is 25.6 Å². The van der Waals surface area contributed by atoms with E-state index in [9.17, 15) is 19.5 Å². The molecule has 1 aliphatic heterocycles. The zero-order valence-electron chi connectivity index (χ0n) is 20.8. The third-order valence-electron chi connectivity index (χ3n) is 6.34. The van der Waals surface area contributed by atoms with Crippen molar-refractivity contribution in [2.45, 2.75) is 65.1 Å². The van der Waals surface area contributed by atoms with Crippen LogP contribution in [-0.2, 0) is 16.0 Å². The summed E-state index contributed by atoms with van der Waals surface area (Å²) < 4.78 is 6.41. The molecule has 1 aliphatic carbocycles. The number of amides is 4. The molecule has 9 nitrogen and oxygen atoms in total. The van der Waals surface area contributed by atoms with Crippen molar-refractivity contribution in [2.75, 3.05) is 32.1 Å². The SMILES string of the molecule is CC(C)NC(=O)N(C)C[C@H]1Oc2ccc(NC(=O)C3CC3)cc2CC(=O)N([C@@H](C)CO)C[C@@H]1C. The van der Waals surface area contributed by atoms with E-state index in [1.54, 1.807) is 35.0 Å². The highest BCUT2D eigenvalue weighted by molar-refractivity contribution is 5.94. The molecule has 34 heavy (non-hydrogen) atoms. The first-order valence-corrected chi connectivity index (χ1v) is 12.1. The van der Waals surface area contributed by atoms with E-state index >= 15 is 0 Å². The van der Waals surface area contributed by atoms with Crippen molar-refractivity contribution in [1.29, 1.82) is 0 Å². The summed E-state index contributed by atoms with van der Waals surface area (Å²) in [5.41, 5.74) is 1.30. The van der Waals surface area contributed by atoms with Gasteiger partial charge in [-0.05, 0) is 51.8 Å². The van der Waals surface area contributed by atoms with Gasteiger partial charge in [-0.2, -0.15) is 0 Å². The van der Waals surface area contributed by atoms with E-state index in [4.69, 9.17) is 4.74 Å². The van der Waals surface area contributed by atoms with Crippen molar-refractivity contribution >= 4 is 23.5 Å². The number of fused-ring (bicyclic) bond motifs is 1. The van der Waals surface area contributed by atoms with Crippen LogP contribution in [0.15, 0.2) is 18.2 Å². The maximum absolute atomic E-state index is 13.2. The molecule has 3 atom stereocenters. The average molecular weight is 475 g/mol. The van der Waals surface area contributed by atoms with Gasteiger partial charge in [0.1, 0.15) is 11.9 Å². The molecule has 0 saturated heterocycles. The number of aliphatic hydroxyl groups excluding tert-OH is 1. The second-order valence-corrected chi connectivity index (χ2v) is 9.96. The lowest BCUT2D eigenvalue weighted by atomic mass is 10.0. The van der Waals surface area contributed by atoms with Crippen LogP contribution in [0.3, 0.4) is 0 Å². The largest absolute Gasteiger partial charge is 0.488 e. The maximum atomic E-state index is 13.2. The van der Waals surface area contributed by atoms with Crippen LogP contribution < -0.4 is 15.4 Å². The topological polar surface area (TPSA) is 111 Å². The van der Waals surface area contributed by atoms with Gasteiger partial charge in [0.25, 0.3) is 0 Å². The monoisotopic (exact) mass is 474 g/mol. The number of likely N-dealkylation sites (N-methyl/N-ethyl adjacent to an activating group) is 1. The second-order valence-electron chi connectivity index (χ2n) is 9.96. The lowest BCUT2D eigenvalue weighted by molar-refractivity contribution is -0.134. The molecule has 0 spiro atoms. The summed E-state index contributed by atoms with van der Waals surface area (Å²) in [5, 5.41) is 15.6. The molecule has 1 fully saturated rings. The zero-order valence-corrected chi connectivity index (χ0v) is 20.8. The molecule has 1 aromatic carbocycles. The third kappa shape index (κ3) is 6.62. The van der Waals surface area contributed by atoms with Crippen molar-refractivity contribution in [3.05, 3.63) is 23.8 Å². The van der Waals surface area contributed by atoms with Crippen LogP contribution in [0, 0.1) is 11.8 Å². The molecular formula is C25H38N4O5. The molecule has 9 heteroatoms.